The van der Waals surface area contributed by atoms with Crippen molar-refractivity contribution in [1.82, 2.24) is 9.62 Å². The van der Waals surface area contributed by atoms with Crippen LogP contribution >= 0.6 is 0 Å². The van der Waals surface area contributed by atoms with Crippen molar-refractivity contribution < 1.29 is 21.6 Å². The highest BCUT2D eigenvalue weighted by molar-refractivity contribution is 7.91. The molecule has 1 amide bonds. The number of nitrogens with zero attached hydrogens (tertiary/aromatic N) is 1. The monoisotopic (exact) mass is 402 g/mol. The molecule has 1 unspecified atom stereocenters. The molecule has 1 atom stereocenters. The molecule has 9 heteroatoms. The lowest BCUT2D eigenvalue weighted by atomic mass is 10.1. The highest BCUT2D eigenvalue weighted by atomic mass is 32.2. The first-order valence-electron chi connectivity index (χ1n) is 8.78. The fourth-order valence-corrected chi connectivity index (χ4v) is 5.31. The molecule has 1 heterocycles. The number of hydrogen-bond acceptors (Lipinski definition) is 5. The summed E-state index contributed by atoms with van der Waals surface area (Å²) >= 11 is 0. The quantitative estimate of drug-likeness (QED) is 0.743. The van der Waals surface area contributed by atoms with E-state index in [9.17, 15) is 21.6 Å². The highest BCUT2D eigenvalue weighted by Crippen LogP contribution is 2.25. The molecule has 146 valence electrons. The van der Waals surface area contributed by atoms with Gasteiger partial charge >= 0.3 is 0 Å². The van der Waals surface area contributed by atoms with Gasteiger partial charge in [-0.3, -0.25) is 4.79 Å². The zero-order valence-electron chi connectivity index (χ0n) is 15.1. The van der Waals surface area contributed by atoms with Crippen LogP contribution in [0.2, 0.25) is 0 Å². The lowest BCUT2D eigenvalue weighted by molar-refractivity contribution is 0.0956. The number of sulfonamides is 1. The molecule has 1 saturated heterocycles. The molecule has 1 aliphatic heterocycles. The number of piperidine rings is 1. The molecular weight excluding hydrogens is 376 g/mol. The Morgan fingerprint density at radius 3 is 2.38 bits per heavy atom. The molecule has 0 bridgehead atoms. The Hall–Kier alpha value is -1.45. The van der Waals surface area contributed by atoms with E-state index in [0.29, 0.717) is 12.1 Å². The van der Waals surface area contributed by atoms with Crippen molar-refractivity contribution in [1.29, 1.82) is 0 Å². The molecule has 7 nitrogen and oxygen atoms in total. The van der Waals surface area contributed by atoms with Crippen LogP contribution in [0, 0.1) is 0 Å². The van der Waals surface area contributed by atoms with Crippen LogP contribution in [0.15, 0.2) is 29.2 Å². The van der Waals surface area contributed by atoms with Crippen LogP contribution < -0.4 is 5.32 Å². The van der Waals surface area contributed by atoms with E-state index >= 15 is 0 Å². The SMILES string of the molecule is CCS(=O)(=O)CCNC(=O)c1ccc(S(=O)(=O)N2CCCCC2C)cc1. The normalized spacial score (nSPS) is 19.2. The number of nitrogens with one attached hydrogen (secondary N) is 1. The third-order valence-electron chi connectivity index (χ3n) is 4.60. The molecule has 1 N–H and O–H groups in total. The number of hydrogen-bond donors (Lipinski definition) is 1. The van der Waals surface area contributed by atoms with Gasteiger partial charge in [-0.2, -0.15) is 4.31 Å². The number of rotatable bonds is 7. The maximum Gasteiger partial charge on any atom is 0.251 e. The lowest BCUT2D eigenvalue weighted by Crippen LogP contribution is -2.41. The van der Waals surface area contributed by atoms with Crippen molar-refractivity contribution in [3.63, 3.8) is 0 Å². The molecule has 0 radical (unpaired) electrons. The van der Waals surface area contributed by atoms with Crippen molar-refractivity contribution in [2.75, 3.05) is 24.6 Å². The van der Waals surface area contributed by atoms with Gasteiger partial charge in [0.2, 0.25) is 10.0 Å². The molecule has 2 rings (SSSR count). The van der Waals surface area contributed by atoms with Crippen molar-refractivity contribution in [2.45, 2.75) is 44.0 Å². The first-order chi connectivity index (χ1) is 12.2. The summed E-state index contributed by atoms with van der Waals surface area (Å²) in [6.07, 6.45) is 2.73. The van der Waals surface area contributed by atoms with Gasteiger partial charge in [-0.1, -0.05) is 13.3 Å². The van der Waals surface area contributed by atoms with Crippen LogP contribution in [-0.2, 0) is 19.9 Å². The Labute approximate surface area is 155 Å². The van der Waals surface area contributed by atoms with Crippen molar-refractivity contribution >= 4 is 25.8 Å². The summed E-state index contributed by atoms with van der Waals surface area (Å²) in [6, 6.07) is 5.72. The molecule has 0 aromatic heterocycles. The van der Waals surface area contributed by atoms with Crippen LogP contribution in [0.1, 0.15) is 43.5 Å². The maximum absolute atomic E-state index is 12.8. The van der Waals surface area contributed by atoms with Crippen molar-refractivity contribution in [3.8, 4) is 0 Å². The van der Waals surface area contributed by atoms with Gasteiger partial charge in [0.25, 0.3) is 5.91 Å². The predicted molar refractivity (Wildman–Crippen MR) is 100 cm³/mol. The fraction of sp³-hybridized carbons (Fsp3) is 0.588. The maximum atomic E-state index is 12.8. The van der Waals surface area contributed by atoms with E-state index in [2.05, 4.69) is 5.32 Å². The van der Waals surface area contributed by atoms with Crippen molar-refractivity contribution in [2.24, 2.45) is 0 Å². The van der Waals surface area contributed by atoms with E-state index in [-0.39, 0.29) is 29.0 Å². The van der Waals surface area contributed by atoms with E-state index < -0.39 is 25.8 Å². The molecule has 1 fully saturated rings. The van der Waals surface area contributed by atoms with Gasteiger partial charge < -0.3 is 5.32 Å². The minimum atomic E-state index is -3.57. The van der Waals surface area contributed by atoms with E-state index in [0.717, 1.165) is 19.3 Å². The van der Waals surface area contributed by atoms with Gasteiger partial charge in [-0.15, -0.1) is 0 Å². The third-order valence-corrected chi connectivity index (χ3v) is 8.34. The fourth-order valence-electron chi connectivity index (χ4n) is 2.91. The molecule has 1 aromatic rings. The van der Waals surface area contributed by atoms with E-state index in [1.165, 1.54) is 28.6 Å². The molecule has 26 heavy (non-hydrogen) atoms. The van der Waals surface area contributed by atoms with E-state index in [1.807, 2.05) is 6.92 Å². The summed E-state index contributed by atoms with van der Waals surface area (Å²) < 4.78 is 49.9. The van der Waals surface area contributed by atoms with Gasteiger partial charge in [-0.05, 0) is 44.0 Å². The minimum absolute atomic E-state index is 0.0281. The number of carbonyl (C=O) groups excluding carboxylic acids is 1. The first kappa shape index (κ1) is 20.9. The molecule has 1 aromatic carbocycles. The van der Waals surface area contributed by atoms with Gasteiger partial charge in [0.15, 0.2) is 9.84 Å². The Morgan fingerprint density at radius 1 is 1.15 bits per heavy atom. The first-order valence-corrected chi connectivity index (χ1v) is 12.0. The second kappa shape index (κ2) is 8.49. The predicted octanol–water partition coefficient (Wildman–Crippen LogP) is 1.41. The van der Waals surface area contributed by atoms with Gasteiger partial charge in [-0.25, -0.2) is 16.8 Å². The Balaban J connectivity index is 2.04. The summed E-state index contributed by atoms with van der Waals surface area (Å²) in [5.74, 6) is -0.509. The Bertz CT molecular complexity index is 832. The minimum Gasteiger partial charge on any atom is -0.351 e. The second-order valence-corrected chi connectivity index (χ2v) is 10.8. The van der Waals surface area contributed by atoms with E-state index in [1.54, 1.807) is 6.92 Å². The van der Waals surface area contributed by atoms with E-state index in [4.69, 9.17) is 0 Å². The lowest BCUT2D eigenvalue weighted by Gasteiger charge is -2.32. The summed E-state index contributed by atoms with van der Waals surface area (Å²) in [6.45, 7) is 4.00. The standard InChI is InChI=1S/C17H26N2O5S2/c1-3-25(21,22)13-11-18-17(20)15-7-9-16(10-8-15)26(23,24)19-12-5-4-6-14(19)2/h7-10,14H,3-6,11-13H2,1-2H3,(H,18,20). The highest BCUT2D eigenvalue weighted by Gasteiger charge is 2.30. The smallest absolute Gasteiger partial charge is 0.251 e. The van der Waals surface area contributed by atoms with Gasteiger partial charge in [0, 0.05) is 30.4 Å². The van der Waals surface area contributed by atoms with Crippen molar-refractivity contribution in [3.05, 3.63) is 29.8 Å². The van der Waals surface area contributed by atoms with Crippen LogP contribution in [0.25, 0.3) is 0 Å². The Kier molecular flexibility index (Phi) is 6.81. The van der Waals surface area contributed by atoms with Gasteiger partial charge in [0.1, 0.15) is 0 Å². The zero-order valence-corrected chi connectivity index (χ0v) is 16.8. The number of sulfone groups is 1. The van der Waals surface area contributed by atoms with Gasteiger partial charge in [0.05, 0.1) is 10.6 Å². The van der Waals surface area contributed by atoms with Crippen LogP contribution in [0.5, 0.6) is 0 Å². The second-order valence-electron chi connectivity index (χ2n) is 6.48. The molecule has 1 aliphatic rings. The average molecular weight is 403 g/mol. The Morgan fingerprint density at radius 2 is 1.81 bits per heavy atom. The zero-order chi connectivity index (χ0) is 19.4. The van der Waals surface area contributed by atoms with Crippen LogP contribution in [0.4, 0.5) is 0 Å². The summed E-state index contributed by atoms with van der Waals surface area (Å²) in [4.78, 5) is 12.2. The number of benzene rings is 1. The third kappa shape index (κ3) is 5.05. The number of carbonyl (C=O) groups is 1. The topological polar surface area (TPSA) is 101 Å². The molecule has 0 aliphatic carbocycles. The molecule has 0 spiro atoms. The summed E-state index contributed by atoms with van der Waals surface area (Å²) in [5.41, 5.74) is 0.296. The largest absolute Gasteiger partial charge is 0.351 e. The molecule has 0 saturated carbocycles. The summed E-state index contributed by atoms with van der Waals surface area (Å²) in [5, 5.41) is 2.54. The number of amides is 1. The molecular formula is C17H26N2O5S2. The average Bonchev–Trinajstić information content (AvgIpc) is 2.62. The summed E-state index contributed by atoms with van der Waals surface area (Å²) in [7, 11) is -6.71. The van der Waals surface area contributed by atoms with Crippen LogP contribution in [-0.4, -0.2) is 57.7 Å². The van der Waals surface area contributed by atoms with Crippen LogP contribution in [0.3, 0.4) is 0 Å².